The first kappa shape index (κ1) is 17.3. The highest BCUT2D eigenvalue weighted by molar-refractivity contribution is 5.92. The van der Waals surface area contributed by atoms with Gasteiger partial charge in [0.05, 0.1) is 0 Å². The number of nitrogens with zero attached hydrogens (tertiary/aromatic N) is 2. The highest BCUT2D eigenvalue weighted by Crippen LogP contribution is 2.20. The summed E-state index contributed by atoms with van der Waals surface area (Å²) in [6.45, 7) is 6.86. The van der Waals surface area contributed by atoms with Crippen LogP contribution in [0.15, 0.2) is 36.4 Å². The minimum Gasteiger partial charge on any atom is -0.343 e. The Morgan fingerprint density at radius 2 is 1.74 bits per heavy atom. The van der Waals surface area contributed by atoms with Crippen LogP contribution >= 0.6 is 0 Å². The summed E-state index contributed by atoms with van der Waals surface area (Å²) in [6, 6.07) is 9.80. The maximum Gasteiger partial charge on any atom is 0.246 e. The maximum absolute atomic E-state index is 12.4. The Morgan fingerprint density at radius 3 is 2.30 bits per heavy atom. The van der Waals surface area contributed by atoms with E-state index in [9.17, 15) is 9.59 Å². The molecule has 2 amide bonds. The molecule has 2 rings (SSSR count). The molecule has 0 atom stereocenters. The third-order valence-electron chi connectivity index (χ3n) is 4.45. The molecule has 1 heterocycles. The zero-order valence-electron chi connectivity index (χ0n) is 14.1. The van der Waals surface area contributed by atoms with Crippen molar-refractivity contribution in [1.82, 2.24) is 9.80 Å². The molecule has 1 aliphatic heterocycles. The van der Waals surface area contributed by atoms with Crippen molar-refractivity contribution < 1.29 is 9.59 Å². The molecule has 1 aromatic rings. The average Bonchev–Trinajstić information content (AvgIpc) is 2.61. The lowest BCUT2D eigenvalue weighted by atomic mass is 9.95. The van der Waals surface area contributed by atoms with Crippen LogP contribution in [0, 0.1) is 5.92 Å². The number of likely N-dealkylation sites (tertiary alicyclic amines) is 1. The summed E-state index contributed by atoms with van der Waals surface area (Å²) in [4.78, 5) is 28.3. The van der Waals surface area contributed by atoms with Crippen LogP contribution < -0.4 is 0 Å². The first-order valence-corrected chi connectivity index (χ1v) is 8.46. The van der Waals surface area contributed by atoms with Gasteiger partial charge < -0.3 is 9.80 Å². The van der Waals surface area contributed by atoms with Gasteiger partial charge in [-0.2, -0.15) is 0 Å². The molecule has 0 bridgehead atoms. The third-order valence-corrected chi connectivity index (χ3v) is 4.45. The fourth-order valence-corrected chi connectivity index (χ4v) is 2.98. The van der Waals surface area contributed by atoms with Crippen molar-refractivity contribution in [3.8, 4) is 0 Å². The molecule has 1 aliphatic rings. The van der Waals surface area contributed by atoms with Crippen LogP contribution in [0.4, 0.5) is 0 Å². The highest BCUT2D eigenvalue weighted by Gasteiger charge is 2.28. The number of hydrogen-bond donors (Lipinski definition) is 0. The summed E-state index contributed by atoms with van der Waals surface area (Å²) >= 11 is 0. The van der Waals surface area contributed by atoms with Crippen LogP contribution in [0.25, 0.3) is 6.08 Å². The molecule has 0 spiro atoms. The summed E-state index contributed by atoms with van der Waals surface area (Å²) in [7, 11) is 0. The lowest BCUT2D eigenvalue weighted by molar-refractivity contribution is -0.139. The third kappa shape index (κ3) is 4.68. The Kier molecular flexibility index (Phi) is 6.39. The molecule has 0 saturated carbocycles. The molecule has 0 aromatic heterocycles. The van der Waals surface area contributed by atoms with Crippen LogP contribution in [0.2, 0.25) is 0 Å². The molecule has 4 nitrogen and oxygen atoms in total. The monoisotopic (exact) mass is 314 g/mol. The lowest BCUT2D eigenvalue weighted by Gasteiger charge is -2.33. The molecule has 0 radical (unpaired) electrons. The van der Waals surface area contributed by atoms with E-state index < -0.39 is 0 Å². The second kappa shape index (κ2) is 8.51. The van der Waals surface area contributed by atoms with Crippen LogP contribution in [-0.4, -0.2) is 47.8 Å². The van der Waals surface area contributed by atoms with E-state index in [4.69, 9.17) is 0 Å². The first-order chi connectivity index (χ1) is 11.2. The van der Waals surface area contributed by atoms with Crippen molar-refractivity contribution in [2.75, 3.05) is 26.2 Å². The van der Waals surface area contributed by atoms with E-state index in [0.29, 0.717) is 13.1 Å². The lowest BCUT2D eigenvalue weighted by Crippen LogP contribution is -2.44. The molecule has 0 N–H and O–H groups in total. The van der Waals surface area contributed by atoms with Gasteiger partial charge in [-0.25, -0.2) is 0 Å². The van der Waals surface area contributed by atoms with Gasteiger partial charge in [-0.15, -0.1) is 0 Å². The Morgan fingerprint density at radius 1 is 1.13 bits per heavy atom. The van der Waals surface area contributed by atoms with Crippen molar-refractivity contribution in [3.63, 3.8) is 0 Å². The minimum atomic E-state index is 0.0302. The van der Waals surface area contributed by atoms with Crippen LogP contribution in [0.1, 0.15) is 32.3 Å². The Labute approximate surface area is 138 Å². The molecule has 23 heavy (non-hydrogen) atoms. The summed E-state index contributed by atoms with van der Waals surface area (Å²) in [5.41, 5.74) is 1.02. The number of carbonyl (C=O) groups excluding carboxylic acids is 2. The first-order valence-electron chi connectivity index (χ1n) is 8.46. The van der Waals surface area contributed by atoms with Gasteiger partial charge >= 0.3 is 0 Å². The van der Waals surface area contributed by atoms with E-state index in [1.54, 1.807) is 6.08 Å². The molecule has 1 aromatic carbocycles. The molecule has 124 valence electrons. The van der Waals surface area contributed by atoms with E-state index in [0.717, 1.165) is 31.5 Å². The summed E-state index contributed by atoms with van der Waals surface area (Å²) in [6.07, 6.45) is 5.00. The topological polar surface area (TPSA) is 40.6 Å². The fourth-order valence-electron chi connectivity index (χ4n) is 2.98. The predicted octanol–water partition coefficient (Wildman–Crippen LogP) is 2.81. The standard InChI is InChI=1S/C19H26N2O2/c1-3-20(4-2)19(23)17-12-14-21(15-13-17)18(22)11-10-16-8-6-5-7-9-16/h5-11,17H,3-4,12-15H2,1-2H3/b11-10+. The fraction of sp³-hybridized carbons (Fsp3) is 0.474. The number of rotatable bonds is 5. The number of carbonyl (C=O) groups is 2. The van der Waals surface area contributed by atoms with E-state index in [-0.39, 0.29) is 17.7 Å². The van der Waals surface area contributed by atoms with E-state index >= 15 is 0 Å². The quantitative estimate of drug-likeness (QED) is 0.784. The predicted molar refractivity (Wildman–Crippen MR) is 92.7 cm³/mol. The second-order valence-corrected chi connectivity index (χ2v) is 5.85. The van der Waals surface area contributed by atoms with Gasteiger partial charge in [0.15, 0.2) is 0 Å². The highest BCUT2D eigenvalue weighted by atomic mass is 16.2. The van der Waals surface area contributed by atoms with Gasteiger partial charge in [-0.3, -0.25) is 9.59 Å². The van der Waals surface area contributed by atoms with E-state index in [1.165, 1.54) is 0 Å². The summed E-state index contributed by atoms with van der Waals surface area (Å²) in [5, 5.41) is 0. The molecule has 0 unspecified atom stereocenters. The maximum atomic E-state index is 12.4. The number of amides is 2. The van der Waals surface area contributed by atoms with Gasteiger partial charge in [0.25, 0.3) is 0 Å². The average molecular weight is 314 g/mol. The van der Waals surface area contributed by atoms with Crippen molar-refractivity contribution in [3.05, 3.63) is 42.0 Å². The normalized spacial score (nSPS) is 15.8. The SMILES string of the molecule is CCN(CC)C(=O)C1CCN(C(=O)/C=C/c2ccccc2)CC1. The van der Waals surface area contributed by atoms with Crippen LogP contribution in [0.5, 0.6) is 0 Å². The van der Waals surface area contributed by atoms with Crippen molar-refractivity contribution >= 4 is 17.9 Å². The largest absolute Gasteiger partial charge is 0.343 e. The van der Waals surface area contributed by atoms with Crippen molar-refractivity contribution in [1.29, 1.82) is 0 Å². The number of benzene rings is 1. The van der Waals surface area contributed by atoms with Crippen LogP contribution in [0.3, 0.4) is 0 Å². The molecule has 1 fully saturated rings. The van der Waals surface area contributed by atoms with Crippen LogP contribution in [-0.2, 0) is 9.59 Å². The van der Waals surface area contributed by atoms with Gasteiger partial charge in [0, 0.05) is 38.2 Å². The second-order valence-electron chi connectivity index (χ2n) is 5.85. The zero-order chi connectivity index (χ0) is 16.7. The summed E-state index contributed by atoms with van der Waals surface area (Å²) in [5.74, 6) is 0.335. The van der Waals surface area contributed by atoms with Gasteiger partial charge in [0.1, 0.15) is 0 Å². The van der Waals surface area contributed by atoms with Gasteiger partial charge in [-0.05, 0) is 38.3 Å². The number of piperidine rings is 1. The molecule has 0 aliphatic carbocycles. The summed E-state index contributed by atoms with van der Waals surface area (Å²) < 4.78 is 0. The molecule has 1 saturated heterocycles. The molecular formula is C19H26N2O2. The van der Waals surface area contributed by atoms with E-state index in [1.807, 2.05) is 60.1 Å². The smallest absolute Gasteiger partial charge is 0.246 e. The van der Waals surface area contributed by atoms with E-state index in [2.05, 4.69) is 0 Å². The zero-order valence-corrected chi connectivity index (χ0v) is 14.1. The Bertz CT molecular complexity index is 542. The Hall–Kier alpha value is -2.10. The van der Waals surface area contributed by atoms with Crippen molar-refractivity contribution in [2.24, 2.45) is 5.92 Å². The Balaban J connectivity index is 1.85. The van der Waals surface area contributed by atoms with Gasteiger partial charge in [0.2, 0.25) is 11.8 Å². The molecule has 4 heteroatoms. The number of hydrogen-bond acceptors (Lipinski definition) is 2. The molecular weight excluding hydrogens is 288 g/mol. The van der Waals surface area contributed by atoms with Crippen molar-refractivity contribution in [2.45, 2.75) is 26.7 Å². The van der Waals surface area contributed by atoms with Gasteiger partial charge in [-0.1, -0.05) is 30.3 Å². The minimum absolute atomic E-state index is 0.0302.